The summed E-state index contributed by atoms with van der Waals surface area (Å²) in [7, 11) is 0. The normalized spacial score (nSPS) is 11.3. The van der Waals surface area contributed by atoms with Crippen LogP contribution in [0.1, 0.15) is 69.4 Å². The molecule has 0 atom stereocenters. The molecule has 2 aromatic carbocycles. The van der Waals surface area contributed by atoms with Crippen molar-refractivity contribution < 1.29 is 19.0 Å². The van der Waals surface area contributed by atoms with Gasteiger partial charge in [0.1, 0.15) is 17.2 Å². The molecule has 0 unspecified atom stereocenters. The summed E-state index contributed by atoms with van der Waals surface area (Å²) in [5.41, 5.74) is 2.62. The van der Waals surface area contributed by atoms with E-state index in [9.17, 15) is 4.79 Å². The molecule has 0 bridgehead atoms. The van der Waals surface area contributed by atoms with Crippen molar-refractivity contribution in [2.24, 2.45) is 0 Å². The maximum Gasteiger partial charge on any atom is 0.185 e. The maximum atomic E-state index is 12.7. The van der Waals surface area contributed by atoms with Crippen LogP contribution in [0.2, 0.25) is 0 Å². The Bertz CT molecular complexity index is 848. The second kappa shape index (κ2) is 11.4. The summed E-state index contributed by atoms with van der Waals surface area (Å²) in [6, 6.07) is 11.2. The monoisotopic (exact) mass is 410 g/mol. The Morgan fingerprint density at radius 2 is 1.57 bits per heavy atom. The molecule has 162 valence electrons. The smallest absolute Gasteiger partial charge is 0.185 e. The zero-order chi connectivity index (χ0) is 22.1. The third-order valence-corrected chi connectivity index (χ3v) is 4.30. The molecule has 0 radical (unpaired) electrons. The Kier molecular flexibility index (Phi) is 8.97. The Morgan fingerprint density at radius 1 is 0.933 bits per heavy atom. The highest BCUT2D eigenvalue weighted by Crippen LogP contribution is 2.33. The molecule has 0 saturated carbocycles. The van der Waals surface area contributed by atoms with Gasteiger partial charge in [-0.1, -0.05) is 13.3 Å². The average Bonchev–Trinajstić information content (AvgIpc) is 2.68. The highest BCUT2D eigenvalue weighted by atomic mass is 16.5. The maximum absolute atomic E-state index is 12.7. The fraction of sp³-hybridized carbons (Fsp3) is 0.423. The lowest BCUT2D eigenvalue weighted by molar-refractivity contribution is 0.104. The molecule has 0 saturated heterocycles. The van der Waals surface area contributed by atoms with E-state index in [2.05, 4.69) is 13.0 Å². The summed E-state index contributed by atoms with van der Waals surface area (Å²) in [6.07, 6.45) is 5.43. The largest absolute Gasteiger partial charge is 0.494 e. The molecule has 0 N–H and O–H groups in total. The van der Waals surface area contributed by atoms with Crippen molar-refractivity contribution in [3.63, 3.8) is 0 Å². The summed E-state index contributed by atoms with van der Waals surface area (Å²) in [6.45, 7) is 12.7. The van der Waals surface area contributed by atoms with E-state index in [1.54, 1.807) is 18.2 Å². The van der Waals surface area contributed by atoms with Crippen LogP contribution in [-0.4, -0.2) is 24.6 Å². The molecule has 0 aliphatic rings. The second-order valence-electron chi connectivity index (χ2n) is 7.74. The van der Waals surface area contributed by atoms with Gasteiger partial charge in [0.2, 0.25) is 0 Å². The van der Waals surface area contributed by atoms with Gasteiger partial charge >= 0.3 is 0 Å². The highest BCUT2D eigenvalue weighted by Gasteiger charge is 2.13. The fourth-order valence-electron chi connectivity index (χ4n) is 3.08. The van der Waals surface area contributed by atoms with Gasteiger partial charge in [-0.25, -0.2) is 0 Å². The molecule has 30 heavy (non-hydrogen) atoms. The van der Waals surface area contributed by atoms with Crippen molar-refractivity contribution in [1.82, 2.24) is 0 Å². The van der Waals surface area contributed by atoms with E-state index in [1.807, 2.05) is 58.9 Å². The predicted octanol–water partition coefficient (Wildman–Crippen LogP) is 6.51. The minimum Gasteiger partial charge on any atom is -0.494 e. The lowest BCUT2D eigenvalue weighted by Crippen LogP contribution is -2.10. The molecule has 4 nitrogen and oxygen atoms in total. The van der Waals surface area contributed by atoms with Gasteiger partial charge in [0.25, 0.3) is 0 Å². The van der Waals surface area contributed by atoms with Crippen molar-refractivity contribution in [3.05, 3.63) is 59.2 Å². The van der Waals surface area contributed by atoms with Gasteiger partial charge < -0.3 is 14.2 Å². The number of carbonyl (C=O) groups excluding carboxylic acids is 1. The standard InChI is InChI=1S/C26H34O4/c1-7-9-21-16-22(26(30-19(5)6)17-25(21)29-18(3)4)12-15-24(27)20-10-13-23(14-11-20)28-8-2/h10-19H,7-9H2,1-6H3. The molecule has 0 aliphatic heterocycles. The number of ether oxygens (including phenoxy) is 3. The van der Waals surface area contributed by atoms with Crippen molar-refractivity contribution in [1.29, 1.82) is 0 Å². The molecule has 2 rings (SSSR count). The van der Waals surface area contributed by atoms with Crippen LogP contribution in [0.25, 0.3) is 6.08 Å². The van der Waals surface area contributed by atoms with Crippen LogP contribution in [0, 0.1) is 0 Å². The zero-order valence-electron chi connectivity index (χ0n) is 19.0. The topological polar surface area (TPSA) is 44.8 Å². The number of carbonyl (C=O) groups is 1. The molecular formula is C26H34O4. The summed E-state index contributed by atoms with van der Waals surface area (Å²) in [4.78, 5) is 12.7. The van der Waals surface area contributed by atoms with Gasteiger partial charge in [-0.2, -0.15) is 0 Å². The van der Waals surface area contributed by atoms with Gasteiger partial charge in [0.15, 0.2) is 5.78 Å². The third kappa shape index (κ3) is 6.94. The van der Waals surface area contributed by atoms with E-state index in [-0.39, 0.29) is 18.0 Å². The minimum absolute atomic E-state index is 0.0166. The predicted molar refractivity (Wildman–Crippen MR) is 123 cm³/mol. The number of ketones is 1. The first-order valence-electron chi connectivity index (χ1n) is 10.8. The molecular weight excluding hydrogens is 376 g/mol. The van der Waals surface area contributed by atoms with Gasteiger partial charge in [-0.3, -0.25) is 4.79 Å². The Balaban J connectivity index is 2.34. The highest BCUT2D eigenvalue weighted by molar-refractivity contribution is 6.07. The van der Waals surface area contributed by atoms with Gasteiger partial charge in [-0.05, 0) is 89.1 Å². The molecule has 4 heteroatoms. The van der Waals surface area contributed by atoms with E-state index < -0.39 is 0 Å². The van der Waals surface area contributed by atoms with Crippen LogP contribution in [0.5, 0.6) is 17.2 Å². The van der Waals surface area contributed by atoms with Crippen LogP contribution < -0.4 is 14.2 Å². The number of benzene rings is 2. The van der Waals surface area contributed by atoms with Crippen LogP contribution in [0.4, 0.5) is 0 Å². The van der Waals surface area contributed by atoms with Crippen molar-refractivity contribution in [2.75, 3.05) is 6.61 Å². The van der Waals surface area contributed by atoms with Crippen LogP contribution >= 0.6 is 0 Å². The van der Waals surface area contributed by atoms with Crippen molar-refractivity contribution in [3.8, 4) is 17.2 Å². The Hall–Kier alpha value is -2.75. The number of aryl methyl sites for hydroxylation is 1. The molecule has 2 aromatic rings. The third-order valence-electron chi connectivity index (χ3n) is 4.30. The Labute approximate surface area is 180 Å². The molecule has 0 spiro atoms. The summed E-state index contributed by atoms with van der Waals surface area (Å²) >= 11 is 0. The molecule has 0 aliphatic carbocycles. The molecule has 0 aromatic heterocycles. The first kappa shape index (κ1) is 23.5. The number of allylic oxidation sites excluding steroid dienone is 1. The number of hydrogen-bond acceptors (Lipinski definition) is 4. The summed E-state index contributed by atoms with van der Waals surface area (Å²) < 4.78 is 17.5. The number of hydrogen-bond donors (Lipinski definition) is 0. The second-order valence-corrected chi connectivity index (χ2v) is 7.74. The van der Waals surface area contributed by atoms with Gasteiger partial charge in [-0.15, -0.1) is 0 Å². The summed E-state index contributed by atoms with van der Waals surface area (Å²) in [5.74, 6) is 2.26. The lowest BCUT2D eigenvalue weighted by atomic mass is 10.0. The summed E-state index contributed by atoms with van der Waals surface area (Å²) in [5, 5.41) is 0. The van der Waals surface area contributed by atoms with Crippen LogP contribution in [0.15, 0.2) is 42.5 Å². The number of rotatable bonds is 11. The van der Waals surface area contributed by atoms with Crippen LogP contribution in [0.3, 0.4) is 0 Å². The van der Waals surface area contributed by atoms with Crippen molar-refractivity contribution >= 4 is 11.9 Å². The van der Waals surface area contributed by atoms with E-state index in [1.165, 1.54) is 0 Å². The van der Waals surface area contributed by atoms with E-state index in [4.69, 9.17) is 14.2 Å². The SMILES string of the molecule is CCCc1cc(C=CC(=O)c2ccc(OCC)cc2)c(OC(C)C)cc1OC(C)C. The fourth-order valence-corrected chi connectivity index (χ4v) is 3.08. The molecule has 0 amide bonds. The van der Waals surface area contributed by atoms with Gasteiger partial charge in [0, 0.05) is 17.2 Å². The van der Waals surface area contributed by atoms with E-state index in [0.29, 0.717) is 12.2 Å². The first-order valence-corrected chi connectivity index (χ1v) is 10.8. The quantitative estimate of drug-likeness (QED) is 0.313. The first-order chi connectivity index (χ1) is 14.3. The van der Waals surface area contributed by atoms with E-state index in [0.717, 1.165) is 41.2 Å². The Morgan fingerprint density at radius 3 is 2.13 bits per heavy atom. The van der Waals surface area contributed by atoms with E-state index >= 15 is 0 Å². The minimum atomic E-state index is -0.0620. The van der Waals surface area contributed by atoms with Crippen molar-refractivity contribution in [2.45, 2.75) is 66.6 Å². The molecule has 0 heterocycles. The zero-order valence-corrected chi connectivity index (χ0v) is 19.0. The average molecular weight is 411 g/mol. The van der Waals surface area contributed by atoms with Gasteiger partial charge in [0.05, 0.1) is 18.8 Å². The van der Waals surface area contributed by atoms with Crippen LogP contribution in [-0.2, 0) is 6.42 Å². The molecule has 0 fully saturated rings. The lowest BCUT2D eigenvalue weighted by Gasteiger charge is -2.19.